The molecule has 2 aromatic carbocycles. The van der Waals surface area contributed by atoms with Crippen LogP contribution in [-0.2, 0) is 0 Å². The van der Waals surface area contributed by atoms with Gasteiger partial charge in [0.1, 0.15) is 10.8 Å². The fourth-order valence-electron chi connectivity index (χ4n) is 3.59. The maximum atomic E-state index is 14.0. The zero-order valence-electron chi connectivity index (χ0n) is 16.5. The average molecular weight is 411 g/mol. The lowest BCUT2D eigenvalue weighted by Crippen LogP contribution is -2.39. The van der Waals surface area contributed by atoms with Gasteiger partial charge < -0.3 is 9.80 Å². The summed E-state index contributed by atoms with van der Waals surface area (Å²) < 4.78 is 14.0. The Morgan fingerprint density at radius 1 is 1.14 bits per heavy atom. The van der Waals surface area contributed by atoms with Crippen molar-refractivity contribution in [1.29, 1.82) is 0 Å². The molecule has 1 amide bonds. The molecular weight excluding hydrogens is 387 g/mol. The van der Waals surface area contributed by atoms with Crippen molar-refractivity contribution in [3.63, 3.8) is 0 Å². The van der Waals surface area contributed by atoms with Crippen LogP contribution in [0.5, 0.6) is 0 Å². The van der Waals surface area contributed by atoms with Crippen LogP contribution in [-0.4, -0.2) is 48.2 Å². The van der Waals surface area contributed by atoms with Gasteiger partial charge in [-0.15, -0.1) is 10.2 Å². The number of likely N-dealkylation sites (tertiary alicyclic amines) is 1. The van der Waals surface area contributed by atoms with Crippen molar-refractivity contribution in [2.75, 3.05) is 32.1 Å². The summed E-state index contributed by atoms with van der Waals surface area (Å²) in [5.74, 6) is -0.123. The molecule has 2 heterocycles. The van der Waals surface area contributed by atoms with Crippen molar-refractivity contribution in [3.05, 3.63) is 64.9 Å². The second-order valence-corrected chi connectivity index (χ2v) is 8.47. The molecule has 0 spiro atoms. The van der Waals surface area contributed by atoms with E-state index in [0.29, 0.717) is 22.7 Å². The molecule has 0 radical (unpaired) electrons. The zero-order valence-corrected chi connectivity index (χ0v) is 17.3. The molecule has 0 saturated carbocycles. The molecule has 3 aromatic rings. The number of hydrogen-bond acceptors (Lipinski definition) is 5. The first-order valence-electron chi connectivity index (χ1n) is 9.68. The van der Waals surface area contributed by atoms with Gasteiger partial charge in [-0.3, -0.25) is 4.79 Å². The summed E-state index contributed by atoms with van der Waals surface area (Å²) in [6.07, 6.45) is 1.87. The highest BCUT2D eigenvalue weighted by Crippen LogP contribution is 2.34. The lowest BCUT2D eigenvalue weighted by molar-refractivity contribution is 0.0707. The van der Waals surface area contributed by atoms with E-state index >= 15 is 0 Å². The summed E-state index contributed by atoms with van der Waals surface area (Å²) in [7, 11) is 3.95. The van der Waals surface area contributed by atoms with Gasteiger partial charge in [-0.05, 0) is 49.2 Å². The van der Waals surface area contributed by atoms with Gasteiger partial charge >= 0.3 is 0 Å². The van der Waals surface area contributed by atoms with Gasteiger partial charge in [0.05, 0.1) is 0 Å². The number of nitrogens with zero attached hydrogens (tertiary/aromatic N) is 4. The first kappa shape index (κ1) is 19.5. The highest BCUT2D eigenvalue weighted by Gasteiger charge is 2.28. The number of rotatable bonds is 4. The fourth-order valence-corrected chi connectivity index (χ4v) is 4.59. The third kappa shape index (κ3) is 4.15. The Morgan fingerprint density at radius 2 is 1.90 bits per heavy atom. The van der Waals surface area contributed by atoms with Crippen LogP contribution in [0.25, 0.3) is 10.6 Å². The molecule has 29 heavy (non-hydrogen) atoms. The Morgan fingerprint density at radius 3 is 2.62 bits per heavy atom. The number of halogens is 1. The zero-order chi connectivity index (χ0) is 20.4. The smallest absolute Gasteiger partial charge is 0.253 e. The van der Waals surface area contributed by atoms with E-state index in [4.69, 9.17) is 0 Å². The lowest BCUT2D eigenvalue weighted by atomic mass is 9.98. The molecule has 4 rings (SSSR count). The van der Waals surface area contributed by atoms with E-state index in [1.807, 2.05) is 48.2 Å². The summed E-state index contributed by atoms with van der Waals surface area (Å²) in [6.45, 7) is 1.35. The number of carbonyl (C=O) groups excluding carboxylic acids is 1. The van der Waals surface area contributed by atoms with E-state index < -0.39 is 0 Å². The molecule has 7 heteroatoms. The number of amides is 1. The predicted molar refractivity (Wildman–Crippen MR) is 114 cm³/mol. The van der Waals surface area contributed by atoms with Crippen LogP contribution in [0.4, 0.5) is 10.1 Å². The molecule has 5 nitrogen and oxygen atoms in total. The predicted octanol–water partition coefficient (Wildman–Crippen LogP) is 4.43. The van der Waals surface area contributed by atoms with Crippen LogP contribution in [0, 0.1) is 5.82 Å². The number of benzene rings is 2. The molecule has 1 unspecified atom stereocenters. The maximum absolute atomic E-state index is 14.0. The van der Waals surface area contributed by atoms with Crippen molar-refractivity contribution < 1.29 is 9.18 Å². The summed E-state index contributed by atoms with van der Waals surface area (Å²) in [6, 6.07) is 14.3. The van der Waals surface area contributed by atoms with Gasteiger partial charge in [-0.25, -0.2) is 4.39 Å². The number of anilines is 1. The second kappa shape index (κ2) is 8.29. The van der Waals surface area contributed by atoms with Crippen LogP contribution in [0.3, 0.4) is 0 Å². The molecular formula is C22H23FN4OS. The quantitative estimate of drug-likeness (QED) is 0.638. The van der Waals surface area contributed by atoms with Crippen LogP contribution in [0.15, 0.2) is 48.5 Å². The summed E-state index contributed by atoms with van der Waals surface area (Å²) >= 11 is 1.42. The second-order valence-electron chi connectivity index (χ2n) is 7.46. The first-order chi connectivity index (χ1) is 14.0. The Hall–Kier alpha value is -2.80. The molecule has 1 saturated heterocycles. The van der Waals surface area contributed by atoms with Crippen LogP contribution < -0.4 is 4.90 Å². The van der Waals surface area contributed by atoms with E-state index in [1.165, 1.54) is 17.4 Å². The highest BCUT2D eigenvalue weighted by atomic mass is 32.1. The van der Waals surface area contributed by atoms with Gasteiger partial charge in [0, 0.05) is 49.9 Å². The average Bonchev–Trinajstić information content (AvgIpc) is 3.24. The third-order valence-corrected chi connectivity index (χ3v) is 6.35. The van der Waals surface area contributed by atoms with Gasteiger partial charge in [-0.1, -0.05) is 23.5 Å². The van der Waals surface area contributed by atoms with Gasteiger partial charge in [-0.2, -0.15) is 0 Å². The minimum absolute atomic E-state index is 0.0406. The van der Waals surface area contributed by atoms with Gasteiger partial charge in [0.25, 0.3) is 5.91 Å². The summed E-state index contributed by atoms with van der Waals surface area (Å²) in [4.78, 5) is 16.9. The van der Waals surface area contributed by atoms with E-state index in [0.717, 1.165) is 30.1 Å². The molecule has 0 N–H and O–H groups in total. The summed E-state index contributed by atoms with van der Waals surface area (Å²) in [5.41, 5.74) is 2.23. The van der Waals surface area contributed by atoms with Crippen molar-refractivity contribution in [3.8, 4) is 10.6 Å². The molecule has 1 aliphatic rings. The van der Waals surface area contributed by atoms with Crippen molar-refractivity contribution in [2.45, 2.75) is 18.8 Å². The Kier molecular flexibility index (Phi) is 5.58. The van der Waals surface area contributed by atoms with Gasteiger partial charge in [0.2, 0.25) is 0 Å². The van der Waals surface area contributed by atoms with E-state index in [2.05, 4.69) is 10.2 Å². The standard InChI is InChI=1S/C22H23FN4OS/c1-26(2)17-11-9-15(10-12-17)22(28)27-13-5-6-16(14-27)20-24-25-21(29-20)18-7-3-4-8-19(18)23/h3-4,7-12,16H,5-6,13-14H2,1-2H3. The van der Waals surface area contributed by atoms with Crippen LogP contribution >= 0.6 is 11.3 Å². The number of piperidine rings is 1. The number of hydrogen-bond donors (Lipinski definition) is 0. The molecule has 0 bridgehead atoms. The van der Waals surface area contributed by atoms with E-state index in [1.54, 1.807) is 18.2 Å². The third-order valence-electron chi connectivity index (χ3n) is 5.23. The van der Waals surface area contributed by atoms with Crippen LogP contribution in [0.2, 0.25) is 0 Å². The van der Waals surface area contributed by atoms with Crippen molar-refractivity contribution >= 4 is 22.9 Å². The molecule has 1 fully saturated rings. The van der Waals surface area contributed by atoms with Gasteiger partial charge in [0.15, 0.2) is 5.01 Å². The lowest BCUT2D eigenvalue weighted by Gasteiger charge is -2.31. The van der Waals surface area contributed by atoms with Crippen molar-refractivity contribution in [2.24, 2.45) is 0 Å². The SMILES string of the molecule is CN(C)c1ccc(C(=O)N2CCCC(c3nnc(-c4ccccc4F)s3)C2)cc1. The molecule has 0 aliphatic carbocycles. The minimum Gasteiger partial charge on any atom is -0.378 e. The Bertz CT molecular complexity index is 1000. The fraction of sp³-hybridized carbons (Fsp3) is 0.318. The largest absolute Gasteiger partial charge is 0.378 e. The van der Waals surface area contributed by atoms with Crippen LogP contribution in [0.1, 0.15) is 34.1 Å². The molecule has 1 aliphatic heterocycles. The highest BCUT2D eigenvalue weighted by molar-refractivity contribution is 7.14. The Balaban J connectivity index is 1.48. The number of carbonyl (C=O) groups is 1. The molecule has 150 valence electrons. The monoisotopic (exact) mass is 410 g/mol. The number of aromatic nitrogens is 2. The van der Waals surface area contributed by atoms with E-state index in [9.17, 15) is 9.18 Å². The molecule has 1 atom stereocenters. The maximum Gasteiger partial charge on any atom is 0.253 e. The first-order valence-corrected chi connectivity index (χ1v) is 10.5. The summed E-state index contributed by atoms with van der Waals surface area (Å²) in [5, 5.41) is 9.96. The van der Waals surface area contributed by atoms with Crippen molar-refractivity contribution in [1.82, 2.24) is 15.1 Å². The Labute approximate surface area is 173 Å². The molecule has 1 aromatic heterocycles. The minimum atomic E-state index is -0.295. The topological polar surface area (TPSA) is 49.3 Å². The normalized spacial score (nSPS) is 16.7. The van der Waals surface area contributed by atoms with E-state index in [-0.39, 0.29) is 17.6 Å².